The molecule has 1 aromatic rings. The van der Waals surface area contributed by atoms with E-state index < -0.39 is 5.97 Å². The summed E-state index contributed by atoms with van der Waals surface area (Å²) in [6, 6.07) is 6.15. The van der Waals surface area contributed by atoms with E-state index in [9.17, 15) is 9.59 Å². The van der Waals surface area contributed by atoms with Crippen LogP contribution in [0.15, 0.2) is 18.2 Å². The van der Waals surface area contributed by atoms with Crippen molar-refractivity contribution in [3.63, 3.8) is 0 Å². The zero-order chi connectivity index (χ0) is 15.8. The molecule has 0 saturated carbocycles. The number of ether oxygens (including phenoxy) is 1. The number of carboxylic acids is 1. The molecule has 0 aliphatic rings. The normalized spacial score (nSPS) is 9.76. The molecule has 0 bridgehead atoms. The molecule has 0 aliphatic carbocycles. The fraction of sp³-hybridized carbons (Fsp3) is 0.357. The van der Waals surface area contributed by atoms with Crippen LogP contribution in [0.2, 0.25) is 0 Å². The molecule has 7 nitrogen and oxygen atoms in total. The van der Waals surface area contributed by atoms with E-state index in [-0.39, 0.29) is 23.6 Å². The zero-order valence-corrected chi connectivity index (χ0v) is 11.9. The number of rotatable bonds is 7. The summed E-state index contributed by atoms with van der Waals surface area (Å²) in [5, 5.41) is 20.7. The highest BCUT2D eigenvalue weighted by Gasteiger charge is 2.13. The molecule has 1 amide bonds. The van der Waals surface area contributed by atoms with E-state index in [2.05, 4.69) is 5.32 Å². The first kappa shape index (κ1) is 16.5. The SMILES string of the molecule is COCCNC(=O)CN(C)c1ccc(C(=O)O)cc1C#N. The van der Waals surface area contributed by atoms with E-state index in [0.29, 0.717) is 18.8 Å². The molecular weight excluding hydrogens is 274 g/mol. The van der Waals surface area contributed by atoms with E-state index in [1.807, 2.05) is 6.07 Å². The summed E-state index contributed by atoms with van der Waals surface area (Å²) in [5.41, 5.74) is 0.750. The number of amides is 1. The van der Waals surface area contributed by atoms with Gasteiger partial charge in [0.1, 0.15) is 6.07 Å². The molecule has 112 valence electrons. The number of carboxylic acid groups (broad SMARTS) is 1. The van der Waals surface area contributed by atoms with Crippen LogP contribution >= 0.6 is 0 Å². The van der Waals surface area contributed by atoms with Crippen LogP contribution in [-0.2, 0) is 9.53 Å². The van der Waals surface area contributed by atoms with Gasteiger partial charge in [-0.25, -0.2) is 4.79 Å². The van der Waals surface area contributed by atoms with Gasteiger partial charge in [-0.1, -0.05) is 0 Å². The molecule has 0 aromatic heterocycles. The van der Waals surface area contributed by atoms with E-state index >= 15 is 0 Å². The number of hydrogen-bond donors (Lipinski definition) is 2. The predicted molar refractivity (Wildman–Crippen MR) is 76.3 cm³/mol. The number of anilines is 1. The number of benzene rings is 1. The van der Waals surface area contributed by atoms with Crippen molar-refractivity contribution in [2.45, 2.75) is 0 Å². The van der Waals surface area contributed by atoms with E-state index in [0.717, 1.165) is 0 Å². The molecule has 1 rings (SSSR count). The fourth-order valence-electron chi connectivity index (χ4n) is 1.74. The molecule has 0 fully saturated rings. The van der Waals surface area contributed by atoms with Gasteiger partial charge in [-0.15, -0.1) is 0 Å². The zero-order valence-electron chi connectivity index (χ0n) is 11.9. The predicted octanol–water partition coefficient (Wildman–Crippen LogP) is 0.455. The van der Waals surface area contributed by atoms with Gasteiger partial charge >= 0.3 is 5.97 Å². The molecule has 7 heteroatoms. The first-order chi connectivity index (χ1) is 9.99. The minimum absolute atomic E-state index is 0.0354. The second-order valence-corrected chi connectivity index (χ2v) is 4.35. The van der Waals surface area contributed by atoms with Gasteiger partial charge < -0.3 is 20.1 Å². The average molecular weight is 291 g/mol. The highest BCUT2D eigenvalue weighted by atomic mass is 16.5. The Hall–Kier alpha value is -2.59. The Bertz CT molecular complexity index is 566. The summed E-state index contributed by atoms with van der Waals surface area (Å²) in [4.78, 5) is 24.2. The molecule has 0 spiro atoms. The number of likely N-dealkylation sites (N-methyl/N-ethyl adjacent to an activating group) is 1. The molecule has 0 heterocycles. The van der Waals surface area contributed by atoms with Crippen molar-refractivity contribution in [2.75, 3.05) is 38.8 Å². The topological polar surface area (TPSA) is 103 Å². The van der Waals surface area contributed by atoms with Crippen molar-refractivity contribution >= 4 is 17.6 Å². The number of nitriles is 1. The highest BCUT2D eigenvalue weighted by Crippen LogP contribution is 2.20. The number of carbonyl (C=O) groups is 2. The van der Waals surface area contributed by atoms with Crippen LogP contribution in [-0.4, -0.2) is 50.8 Å². The van der Waals surface area contributed by atoms with Crippen LogP contribution in [0, 0.1) is 11.3 Å². The van der Waals surface area contributed by atoms with E-state index in [4.69, 9.17) is 15.1 Å². The van der Waals surface area contributed by atoms with Crippen LogP contribution in [0.4, 0.5) is 5.69 Å². The van der Waals surface area contributed by atoms with Crippen molar-refractivity contribution < 1.29 is 19.4 Å². The third kappa shape index (κ3) is 4.78. The minimum Gasteiger partial charge on any atom is -0.478 e. The van der Waals surface area contributed by atoms with Gasteiger partial charge in [0.2, 0.25) is 5.91 Å². The van der Waals surface area contributed by atoms with Crippen LogP contribution < -0.4 is 10.2 Å². The van der Waals surface area contributed by atoms with Crippen molar-refractivity contribution in [1.29, 1.82) is 5.26 Å². The van der Waals surface area contributed by atoms with E-state index in [1.54, 1.807) is 19.1 Å². The van der Waals surface area contributed by atoms with Gasteiger partial charge in [-0.05, 0) is 18.2 Å². The van der Waals surface area contributed by atoms with Gasteiger partial charge in [0.15, 0.2) is 0 Å². The number of aromatic carboxylic acids is 1. The van der Waals surface area contributed by atoms with Crippen molar-refractivity contribution in [2.24, 2.45) is 0 Å². The van der Waals surface area contributed by atoms with Crippen molar-refractivity contribution in [1.82, 2.24) is 5.32 Å². The summed E-state index contributed by atoms with van der Waals surface area (Å²) in [6.45, 7) is 0.892. The molecule has 21 heavy (non-hydrogen) atoms. The Morgan fingerprint density at radius 1 is 1.48 bits per heavy atom. The first-order valence-electron chi connectivity index (χ1n) is 6.23. The molecule has 0 saturated heterocycles. The summed E-state index contributed by atoms with van der Waals surface area (Å²) in [7, 11) is 3.20. The summed E-state index contributed by atoms with van der Waals surface area (Å²) in [5.74, 6) is -1.31. The Morgan fingerprint density at radius 2 is 2.19 bits per heavy atom. The Kier molecular flexibility index (Phi) is 6.17. The molecule has 0 aliphatic heterocycles. The average Bonchev–Trinajstić information content (AvgIpc) is 2.46. The maximum absolute atomic E-state index is 11.7. The lowest BCUT2D eigenvalue weighted by Crippen LogP contribution is -2.36. The lowest BCUT2D eigenvalue weighted by atomic mass is 10.1. The Morgan fingerprint density at radius 3 is 2.76 bits per heavy atom. The number of nitrogens with zero attached hydrogens (tertiary/aromatic N) is 2. The highest BCUT2D eigenvalue weighted by molar-refractivity contribution is 5.89. The maximum Gasteiger partial charge on any atom is 0.335 e. The Labute approximate surface area is 122 Å². The monoisotopic (exact) mass is 291 g/mol. The number of carbonyl (C=O) groups excluding carboxylic acids is 1. The smallest absolute Gasteiger partial charge is 0.335 e. The molecule has 0 radical (unpaired) electrons. The summed E-state index contributed by atoms with van der Waals surface area (Å²) >= 11 is 0. The molecule has 1 aromatic carbocycles. The Balaban J connectivity index is 2.78. The van der Waals surface area contributed by atoms with Gasteiger partial charge in [-0.3, -0.25) is 4.79 Å². The standard InChI is InChI=1S/C14H17N3O4/c1-17(9-13(18)16-5-6-21-2)12-4-3-10(14(19)20)7-11(12)8-15/h3-4,7H,5-6,9H2,1-2H3,(H,16,18)(H,19,20). The summed E-state index contributed by atoms with van der Waals surface area (Å²) in [6.07, 6.45) is 0. The number of nitrogens with one attached hydrogen (secondary N) is 1. The third-order valence-electron chi connectivity index (χ3n) is 2.78. The second-order valence-electron chi connectivity index (χ2n) is 4.35. The quantitative estimate of drug-likeness (QED) is 0.707. The molecule has 0 atom stereocenters. The number of methoxy groups -OCH3 is 1. The van der Waals surface area contributed by atoms with Gasteiger partial charge in [0.25, 0.3) is 0 Å². The molecular formula is C14H17N3O4. The third-order valence-corrected chi connectivity index (χ3v) is 2.78. The van der Waals surface area contributed by atoms with Crippen LogP contribution in [0.1, 0.15) is 15.9 Å². The van der Waals surface area contributed by atoms with Crippen LogP contribution in [0.3, 0.4) is 0 Å². The number of hydrogen-bond acceptors (Lipinski definition) is 5. The van der Waals surface area contributed by atoms with Gasteiger partial charge in [0.05, 0.1) is 30.0 Å². The minimum atomic E-state index is -1.10. The maximum atomic E-state index is 11.7. The second kappa shape index (κ2) is 7.87. The molecule has 0 unspecified atom stereocenters. The van der Waals surface area contributed by atoms with Crippen LogP contribution in [0.5, 0.6) is 0 Å². The summed E-state index contributed by atoms with van der Waals surface area (Å²) < 4.78 is 4.83. The molecule has 2 N–H and O–H groups in total. The van der Waals surface area contributed by atoms with Crippen molar-refractivity contribution in [3.05, 3.63) is 29.3 Å². The van der Waals surface area contributed by atoms with Crippen LogP contribution in [0.25, 0.3) is 0 Å². The van der Waals surface area contributed by atoms with Gasteiger partial charge in [-0.2, -0.15) is 5.26 Å². The van der Waals surface area contributed by atoms with Crippen molar-refractivity contribution in [3.8, 4) is 6.07 Å². The van der Waals surface area contributed by atoms with E-state index in [1.165, 1.54) is 18.2 Å². The fourth-order valence-corrected chi connectivity index (χ4v) is 1.74. The first-order valence-corrected chi connectivity index (χ1v) is 6.23. The lowest BCUT2D eigenvalue weighted by Gasteiger charge is -2.20. The lowest BCUT2D eigenvalue weighted by molar-refractivity contribution is -0.119. The van der Waals surface area contributed by atoms with Gasteiger partial charge in [0, 0.05) is 20.7 Å². The largest absolute Gasteiger partial charge is 0.478 e.